The molecule has 1 aliphatic heterocycles. The van der Waals surface area contributed by atoms with Crippen LogP contribution in [0.3, 0.4) is 0 Å². The lowest BCUT2D eigenvalue weighted by Gasteiger charge is -2.32. The predicted molar refractivity (Wildman–Crippen MR) is 64.0 cm³/mol. The summed E-state index contributed by atoms with van der Waals surface area (Å²) in [6.45, 7) is 11.6. The second kappa shape index (κ2) is 5.28. The minimum atomic E-state index is 0.301. The van der Waals surface area contributed by atoms with E-state index in [1.165, 1.54) is 0 Å². The zero-order chi connectivity index (χ0) is 11.5. The Balaban J connectivity index is 2.71. The third-order valence-electron chi connectivity index (χ3n) is 3.24. The molecule has 1 N–H and O–H groups in total. The Kier molecular flexibility index (Phi) is 4.56. The van der Waals surface area contributed by atoms with Crippen molar-refractivity contribution in [3.8, 4) is 0 Å². The summed E-state index contributed by atoms with van der Waals surface area (Å²) in [5.74, 6) is 0. The van der Waals surface area contributed by atoms with E-state index in [-0.39, 0.29) is 0 Å². The van der Waals surface area contributed by atoms with Crippen molar-refractivity contribution in [3.63, 3.8) is 0 Å². The molecule has 1 fully saturated rings. The molecule has 1 heterocycles. The Bertz CT molecular complexity index is 194. The Labute approximate surface area is 94.1 Å². The highest BCUT2D eigenvalue weighted by molar-refractivity contribution is 4.86. The van der Waals surface area contributed by atoms with E-state index >= 15 is 0 Å². The quantitative estimate of drug-likeness (QED) is 0.760. The van der Waals surface area contributed by atoms with Gasteiger partial charge in [0.2, 0.25) is 0 Å². The van der Waals surface area contributed by atoms with Crippen LogP contribution in [0.15, 0.2) is 0 Å². The van der Waals surface area contributed by atoms with Gasteiger partial charge in [-0.3, -0.25) is 4.90 Å². The summed E-state index contributed by atoms with van der Waals surface area (Å²) in [6.07, 6.45) is 0.897. The maximum Gasteiger partial charge on any atom is 0.0446 e. The van der Waals surface area contributed by atoms with Gasteiger partial charge in [-0.25, -0.2) is 0 Å². The summed E-state index contributed by atoms with van der Waals surface area (Å²) in [5, 5.41) is 9.09. The first-order chi connectivity index (χ1) is 6.98. The lowest BCUT2D eigenvalue weighted by molar-refractivity contribution is 0.138. The number of aliphatic hydroxyl groups is 1. The van der Waals surface area contributed by atoms with Crippen LogP contribution in [-0.2, 0) is 0 Å². The van der Waals surface area contributed by atoms with Gasteiger partial charge < -0.3 is 10.0 Å². The van der Waals surface area contributed by atoms with E-state index in [9.17, 15) is 0 Å². The molecule has 0 bridgehead atoms. The highest BCUT2D eigenvalue weighted by atomic mass is 16.3. The van der Waals surface area contributed by atoms with Crippen LogP contribution in [0.4, 0.5) is 0 Å². The number of rotatable bonds is 3. The summed E-state index contributed by atoms with van der Waals surface area (Å²) in [5.41, 5.74) is 0.356. The highest BCUT2D eigenvalue weighted by Gasteiger charge is 2.31. The molecule has 1 rings (SSSR count). The monoisotopic (exact) mass is 214 g/mol. The van der Waals surface area contributed by atoms with Crippen molar-refractivity contribution in [2.75, 3.05) is 39.8 Å². The predicted octanol–water partition coefficient (Wildman–Crippen LogP) is 1.03. The third kappa shape index (κ3) is 3.74. The van der Waals surface area contributed by atoms with Crippen molar-refractivity contribution in [3.05, 3.63) is 0 Å². The maximum atomic E-state index is 9.09. The SMILES string of the molecule is CCN1CC(C)(C)CN(C)CC1CCO. The lowest BCUT2D eigenvalue weighted by atomic mass is 9.92. The first-order valence-corrected chi connectivity index (χ1v) is 6.02. The summed E-state index contributed by atoms with van der Waals surface area (Å²) in [4.78, 5) is 4.91. The molecule has 3 nitrogen and oxygen atoms in total. The molecule has 1 aliphatic rings. The van der Waals surface area contributed by atoms with Crippen LogP contribution in [0.5, 0.6) is 0 Å². The summed E-state index contributed by atoms with van der Waals surface area (Å²) >= 11 is 0. The van der Waals surface area contributed by atoms with Crippen LogP contribution in [0, 0.1) is 5.41 Å². The average molecular weight is 214 g/mol. The van der Waals surface area contributed by atoms with E-state index in [1.54, 1.807) is 0 Å². The Hall–Kier alpha value is -0.120. The second-order valence-corrected chi connectivity index (χ2v) is 5.59. The molecule has 0 aromatic rings. The van der Waals surface area contributed by atoms with Crippen LogP contribution in [-0.4, -0.2) is 60.8 Å². The van der Waals surface area contributed by atoms with Gasteiger partial charge in [0.1, 0.15) is 0 Å². The smallest absolute Gasteiger partial charge is 0.0446 e. The molecule has 0 aromatic carbocycles. The Morgan fingerprint density at radius 3 is 2.53 bits per heavy atom. The fourth-order valence-electron chi connectivity index (χ4n) is 2.79. The van der Waals surface area contributed by atoms with Crippen molar-refractivity contribution in [2.45, 2.75) is 33.2 Å². The minimum Gasteiger partial charge on any atom is -0.396 e. The number of hydrogen-bond donors (Lipinski definition) is 1. The van der Waals surface area contributed by atoms with Gasteiger partial charge in [0, 0.05) is 32.3 Å². The van der Waals surface area contributed by atoms with Crippen LogP contribution in [0.2, 0.25) is 0 Å². The summed E-state index contributed by atoms with van der Waals surface area (Å²) in [7, 11) is 2.19. The fourth-order valence-corrected chi connectivity index (χ4v) is 2.79. The largest absolute Gasteiger partial charge is 0.396 e. The molecular weight excluding hydrogens is 188 g/mol. The van der Waals surface area contributed by atoms with Crippen molar-refractivity contribution in [1.82, 2.24) is 9.80 Å². The number of likely N-dealkylation sites (N-methyl/N-ethyl adjacent to an activating group) is 2. The normalized spacial score (nSPS) is 29.0. The maximum absolute atomic E-state index is 9.09. The van der Waals surface area contributed by atoms with Crippen molar-refractivity contribution < 1.29 is 5.11 Å². The van der Waals surface area contributed by atoms with Gasteiger partial charge in [0.05, 0.1) is 0 Å². The molecule has 0 amide bonds. The molecule has 0 aliphatic carbocycles. The molecule has 0 radical (unpaired) electrons. The van der Waals surface area contributed by atoms with Gasteiger partial charge in [-0.1, -0.05) is 20.8 Å². The van der Waals surface area contributed by atoms with Crippen LogP contribution < -0.4 is 0 Å². The van der Waals surface area contributed by atoms with E-state index in [1.807, 2.05) is 0 Å². The van der Waals surface area contributed by atoms with Gasteiger partial charge in [-0.2, -0.15) is 0 Å². The van der Waals surface area contributed by atoms with Gasteiger partial charge >= 0.3 is 0 Å². The zero-order valence-electron chi connectivity index (χ0n) is 10.7. The molecule has 0 spiro atoms. The Morgan fingerprint density at radius 2 is 2.00 bits per heavy atom. The molecule has 1 unspecified atom stereocenters. The summed E-state index contributed by atoms with van der Waals surface area (Å²) in [6, 6.07) is 0.520. The van der Waals surface area contributed by atoms with Gasteiger partial charge in [-0.05, 0) is 25.4 Å². The minimum absolute atomic E-state index is 0.301. The Morgan fingerprint density at radius 1 is 1.33 bits per heavy atom. The summed E-state index contributed by atoms with van der Waals surface area (Å²) < 4.78 is 0. The van der Waals surface area contributed by atoms with E-state index < -0.39 is 0 Å². The lowest BCUT2D eigenvalue weighted by Crippen LogP contribution is -2.42. The van der Waals surface area contributed by atoms with Crippen LogP contribution in [0.25, 0.3) is 0 Å². The molecule has 1 saturated heterocycles. The molecule has 90 valence electrons. The molecule has 1 atom stereocenters. The van der Waals surface area contributed by atoms with E-state index in [4.69, 9.17) is 5.11 Å². The van der Waals surface area contributed by atoms with E-state index in [0.29, 0.717) is 18.1 Å². The molecule has 3 heteroatoms. The second-order valence-electron chi connectivity index (χ2n) is 5.59. The molecule has 15 heavy (non-hydrogen) atoms. The number of aliphatic hydroxyl groups excluding tert-OH is 1. The molecule has 0 saturated carbocycles. The third-order valence-corrected chi connectivity index (χ3v) is 3.24. The fraction of sp³-hybridized carbons (Fsp3) is 1.00. The number of nitrogens with zero attached hydrogens (tertiary/aromatic N) is 2. The molecule has 0 aromatic heterocycles. The first kappa shape index (κ1) is 12.9. The van der Waals surface area contributed by atoms with Crippen molar-refractivity contribution in [2.24, 2.45) is 5.41 Å². The first-order valence-electron chi connectivity index (χ1n) is 6.02. The van der Waals surface area contributed by atoms with Gasteiger partial charge in [0.25, 0.3) is 0 Å². The van der Waals surface area contributed by atoms with Gasteiger partial charge in [-0.15, -0.1) is 0 Å². The number of hydrogen-bond acceptors (Lipinski definition) is 3. The standard InChI is InChI=1S/C12H26N2O/c1-5-14-10-12(2,3)9-13(4)8-11(14)6-7-15/h11,15H,5-10H2,1-4H3. The highest BCUT2D eigenvalue weighted by Crippen LogP contribution is 2.24. The van der Waals surface area contributed by atoms with Crippen molar-refractivity contribution >= 4 is 0 Å². The van der Waals surface area contributed by atoms with Crippen LogP contribution in [0.1, 0.15) is 27.2 Å². The van der Waals surface area contributed by atoms with Crippen molar-refractivity contribution in [1.29, 1.82) is 0 Å². The van der Waals surface area contributed by atoms with Gasteiger partial charge in [0.15, 0.2) is 0 Å². The zero-order valence-corrected chi connectivity index (χ0v) is 10.7. The molecular formula is C12H26N2O. The average Bonchev–Trinajstić information content (AvgIpc) is 2.22. The topological polar surface area (TPSA) is 26.7 Å². The van der Waals surface area contributed by atoms with E-state index in [0.717, 1.165) is 32.6 Å². The van der Waals surface area contributed by atoms with E-state index in [2.05, 4.69) is 37.6 Å². The van der Waals surface area contributed by atoms with Crippen LogP contribution >= 0.6 is 0 Å².